The maximum atomic E-state index is 8.19. The first kappa shape index (κ1) is 44.9. The molecule has 3 nitrogen and oxygen atoms in total. The largest absolute Gasteiger partial charge is 1.00 e. The fourth-order valence-corrected chi connectivity index (χ4v) is 19.4. The van der Waals surface area contributed by atoms with E-state index in [1.54, 1.807) is 0 Å². The number of halogens is 1. The predicted molar refractivity (Wildman–Crippen MR) is 204 cm³/mol. The van der Waals surface area contributed by atoms with Crippen LogP contribution >= 0.6 is 11.1 Å². The average molecular weight is 738 g/mol. The zero-order chi connectivity index (χ0) is 30.7. The summed E-state index contributed by atoms with van der Waals surface area (Å²) in [5, 5.41) is 0. The summed E-state index contributed by atoms with van der Waals surface area (Å²) in [4.78, 5) is 8.19. The third kappa shape index (κ3) is 15.0. The minimum absolute atomic E-state index is 0. The van der Waals surface area contributed by atoms with Crippen LogP contribution in [0.4, 0.5) is 0 Å². The molecule has 9 unspecified atom stereocenters. The summed E-state index contributed by atoms with van der Waals surface area (Å²) in [6.07, 6.45) is 27.8. The van der Waals surface area contributed by atoms with Gasteiger partial charge in [0.05, 0.1) is 0 Å². The van der Waals surface area contributed by atoms with Gasteiger partial charge < -0.3 is 14.4 Å². The predicted octanol–water partition coefficient (Wildman–Crippen LogP) is 8.08. The second-order valence-electron chi connectivity index (χ2n) is 17.2. The summed E-state index contributed by atoms with van der Waals surface area (Å²) in [5.74, 6) is 8.40. The molecule has 6 bridgehead atoms. The Labute approximate surface area is 331 Å². The van der Waals surface area contributed by atoms with Crippen LogP contribution in [-0.2, 0) is 4.12 Å². The third-order valence-corrected chi connectivity index (χ3v) is 20.6. The van der Waals surface area contributed by atoms with E-state index < -0.39 is 33.1 Å². The molecule has 0 aromatic rings. The Bertz CT molecular complexity index is 916. The van der Waals surface area contributed by atoms with Crippen LogP contribution < -0.4 is 51.4 Å². The molecule has 3 saturated carbocycles. The number of allylic oxidation sites excluding steroid dienone is 6. The van der Waals surface area contributed by atoms with E-state index in [0.717, 1.165) is 53.3 Å². The van der Waals surface area contributed by atoms with Crippen LogP contribution in [0.15, 0.2) is 36.5 Å². The van der Waals surface area contributed by atoms with Gasteiger partial charge in [0.2, 0.25) is 0 Å². The van der Waals surface area contributed by atoms with Crippen molar-refractivity contribution in [3.63, 3.8) is 0 Å². The minimum atomic E-state index is -1.50. The van der Waals surface area contributed by atoms with E-state index in [-0.39, 0.29) is 64.3 Å². The average Bonchev–Trinajstić information content (AvgIpc) is 3.72. The number of fused-ring (bicyclic) bond motifs is 6. The van der Waals surface area contributed by atoms with Crippen LogP contribution in [0.5, 0.6) is 0 Å². The molecular formula is C36H70ClKO3Si4. The summed E-state index contributed by atoms with van der Waals surface area (Å²) in [7, 11) is -5.45. The van der Waals surface area contributed by atoms with Gasteiger partial charge in [0.1, 0.15) is 0 Å². The molecule has 45 heavy (non-hydrogen) atoms. The van der Waals surface area contributed by atoms with Gasteiger partial charge >= 0.3 is 51.4 Å². The molecule has 0 aliphatic heterocycles. The summed E-state index contributed by atoms with van der Waals surface area (Å²) < 4.78 is 6.95. The van der Waals surface area contributed by atoms with Gasteiger partial charge in [-0.25, -0.2) is 0 Å². The van der Waals surface area contributed by atoms with Crippen molar-refractivity contribution >= 4 is 44.1 Å². The Morgan fingerprint density at radius 3 is 1.13 bits per heavy atom. The first-order chi connectivity index (χ1) is 19.6. The van der Waals surface area contributed by atoms with E-state index in [0.29, 0.717) is 0 Å². The molecule has 0 amide bonds. The number of hydrogen-bond acceptors (Lipinski definition) is 3. The summed E-state index contributed by atoms with van der Waals surface area (Å²) >= 11 is 6.33. The Morgan fingerprint density at radius 1 is 0.622 bits per heavy atom. The Hall–Kier alpha value is 1.89. The molecular weight excluding hydrogens is 667 g/mol. The van der Waals surface area contributed by atoms with E-state index in [4.69, 9.17) is 20.0 Å². The number of rotatable bonds is 11. The van der Waals surface area contributed by atoms with Gasteiger partial charge in [-0.1, -0.05) is 76.2 Å². The fourth-order valence-electron chi connectivity index (χ4n) is 9.12. The van der Waals surface area contributed by atoms with Crippen molar-refractivity contribution in [3.8, 4) is 0 Å². The maximum Gasteiger partial charge on any atom is 1.00 e. The van der Waals surface area contributed by atoms with Gasteiger partial charge in [0.15, 0.2) is 33.1 Å². The third-order valence-electron chi connectivity index (χ3n) is 11.1. The second-order valence-corrected chi connectivity index (χ2v) is 35.2. The number of hydrogen-bond donors (Lipinski definition) is 1. The summed E-state index contributed by atoms with van der Waals surface area (Å²) in [6.45, 7) is 18.2. The minimum Gasteiger partial charge on any atom is -0.870 e. The van der Waals surface area contributed by atoms with Crippen molar-refractivity contribution < 1.29 is 65.8 Å². The van der Waals surface area contributed by atoms with E-state index in [1.165, 1.54) is 75.9 Å². The molecule has 6 rings (SSSR count). The molecule has 9 heteroatoms. The van der Waals surface area contributed by atoms with E-state index in [2.05, 4.69) is 75.7 Å². The van der Waals surface area contributed by atoms with Gasteiger partial charge in [-0.2, -0.15) is 11.1 Å². The molecule has 2 N–H and O–H groups in total. The zero-order valence-corrected chi connectivity index (χ0v) is 37.9. The molecule has 0 heterocycles. The summed E-state index contributed by atoms with van der Waals surface area (Å²) in [5.41, 5.74) is 0. The molecule has 0 radical (unpaired) electrons. The topological polar surface area (TPSA) is 59.5 Å². The standard InChI is InChI=1S/C22H38OSi2.C11H19ClSi.C2H8OSi.CH4.K.H2O/c1-24(2,11-9-21-15-17-5-7-19(21)13-17)23-25(3,4)12-10-22-16-18-6-8-20(22)14-18;1-13(2,12)6-5-11-8-9-3-4-10(11)7-9;1-4(2)3;;;/h5-8,17-22H,9-16H2,1-4H3;3-4,9-11H,5-8H2,1-2H3;3-4H,1-2H3;1H4;;1H2/q;;;;+1;/p-1. The van der Waals surface area contributed by atoms with Crippen LogP contribution in [-0.4, -0.2) is 43.3 Å². The molecule has 0 spiro atoms. The first-order valence-electron chi connectivity index (χ1n) is 17.7. The van der Waals surface area contributed by atoms with Gasteiger partial charge in [0, 0.05) is 0 Å². The second kappa shape index (κ2) is 19.5. The normalized spacial score (nSPS) is 33.3. The Kier molecular flexibility index (Phi) is 19.5. The van der Waals surface area contributed by atoms with Crippen molar-refractivity contribution in [2.45, 2.75) is 136 Å². The van der Waals surface area contributed by atoms with Crippen molar-refractivity contribution in [1.29, 1.82) is 0 Å². The van der Waals surface area contributed by atoms with Gasteiger partial charge in [-0.3, -0.25) is 0 Å². The molecule has 6 aliphatic rings. The van der Waals surface area contributed by atoms with Crippen LogP contribution in [0, 0.1) is 53.3 Å². The van der Waals surface area contributed by atoms with Crippen molar-refractivity contribution in [1.82, 2.24) is 0 Å². The van der Waals surface area contributed by atoms with Crippen LogP contribution in [0.1, 0.15) is 65.2 Å². The van der Waals surface area contributed by atoms with Crippen molar-refractivity contribution in [2.24, 2.45) is 53.3 Å². The molecule has 0 aromatic carbocycles. The van der Waals surface area contributed by atoms with Gasteiger partial charge in [0.25, 0.3) is 0 Å². The SMILES string of the molecule is C.C[SiH](C)O.C[Si](C)(CCC1CC2C=CC1C2)O[Si](C)(C)CCC1CC2C=CC1C2.C[Si](C)(Cl)CCC1CC2C=CC1C2.[K+].[OH-]. The molecule has 6 aliphatic carbocycles. The Balaban J connectivity index is 0.000000430. The Morgan fingerprint density at radius 2 is 0.911 bits per heavy atom. The van der Waals surface area contributed by atoms with E-state index >= 15 is 0 Å². The molecule has 256 valence electrons. The van der Waals surface area contributed by atoms with Crippen LogP contribution in [0.3, 0.4) is 0 Å². The van der Waals surface area contributed by atoms with E-state index in [9.17, 15) is 0 Å². The van der Waals surface area contributed by atoms with Gasteiger partial charge in [-0.15, -0.1) is 0 Å². The molecule has 0 saturated heterocycles. The van der Waals surface area contributed by atoms with E-state index in [1.807, 2.05) is 13.1 Å². The van der Waals surface area contributed by atoms with Crippen molar-refractivity contribution in [3.05, 3.63) is 36.5 Å². The smallest absolute Gasteiger partial charge is 0.870 e. The molecule has 0 aromatic heterocycles. The van der Waals surface area contributed by atoms with Crippen LogP contribution in [0.2, 0.25) is 70.5 Å². The quantitative estimate of drug-likeness (QED) is 0.133. The van der Waals surface area contributed by atoms with Crippen LogP contribution in [0.25, 0.3) is 0 Å². The monoisotopic (exact) mass is 736 g/mol. The zero-order valence-electron chi connectivity index (χ0n) is 29.9. The first-order valence-corrected chi connectivity index (χ1v) is 31.0. The van der Waals surface area contributed by atoms with Gasteiger partial charge in [-0.05, 0) is 149 Å². The maximum absolute atomic E-state index is 8.19. The van der Waals surface area contributed by atoms with Crippen molar-refractivity contribution in [2.75, 3.05) is 0 Å². The molecule has 9 atom stereocenters. The fraction of sp³-hybridized carbons (Fsp3) is 0.833. The molecule has 3 fully saturated rings. The summed E-state index contributed by atoms with van der Waals surface area (Å²) in [6, 6.07) is 4.06.